The Morgan fingerprint density at radius 3 is 2.58 bits per heavy atom. The van der Waals surface area contributed by atoms with Crippen LogP contribution >= 0.6 is 0 Å². The van der Waals surface area contributed by atoms with E-state index in [2.05, 4.69) is 48.6 Å². The molecule has 1 atom stereocenters. The molecule has 1 fully saturated rings. The average Bonchev–Trinajstić information content (AvgIpc) is 3.09. The van der Waals surface area contributed by atoms with Crippen LogP contribution in [0.2, 0.25) is 0 Å². The first-order valence-corrected chi connectivity index (χ1v) is 8.61. The molecule has 0 spiro atoms. The second-order valence-electron chi connectivity index (χ2n) is 6.68. The standard InChI is InChI=1S/C17H27N7/c1-15(13-23-4-3-18-14-23)9-19-10-16-11-20-17(21-12-16)24-7-5-22(2)6-8-24/h3-4,11-12,14-15,19H,5-10,13H2,1-2H3/t15-/m0/s1. The lowest BCUT2D eigenvalue weighted by Gasteiger charge is -2.32. The summed E-state index contributed by atoms with van der Waals surface area (Å²) in [6.45, 7) is 9.12. The number of likely N-dealkylation sites (N-methyl/N-ethyl adjacent to an activating group) is 1. The van der Waals surface area contributed by atoms with Crippen LogP contribution in [0.3, 0.4) is 0 Å². The Bertz CT molecular complexity index is 588. The third-order valence-electron chi connectivity index (χ3n) is 4.38. The van der Waals surface area contributed by atoms with Crippen molar-refractivity contribution >= 4 is 5.95 Å². The van der Waals surface area contributed by atoms with Crippen molar-refractivity contribution in [1.82, 2.24) is 29.7 Å². The normalized spacial score (nSPS) is 17.2. The van der Waals surface area contributed by atoms with Crippen molar-refractivity contribution in [2.75, 3.05) is 44.7 Å². The zero-order chi connectivity index (χ0) is 16.8. The molecular weight excluding hydrogens is 302 g/mol. The Balaban J connectivity index is 1.41. The number of anilines is 1. The van der Waals surface area contributed by atoms with Crippen molar-refractivity contribution in [3.8, 4) is 0 Å². The molecule has 2 aromatic heterocycles. The molecular formula is C17H27N7. The minimum absolute atomic E-state index is 0.546. The van der Waals surface area contributed by atoms with Gasteiger partial charge in [-0.25, -0.2) is 15.0 Å². The molecule has 0 amide bonds. The molecule has 0 bridgehead atoms. The van der Waals surface area contributed by atoms with Crippen molar-refractivity contribution in [2.24, 2.45) is 5.92 Å². The molecule has 7 heteroatoms. The largest absolute Gasteiger partial charge is 0.338 e. The van der Waals surface area contributed by atoms with Gasteiger partial charge in [0.25, 0.3) is 0 Å². The van der Waals surface area contributed by atoms with E-state index in [0.717, 1.165) is 57.3 Å². The maximum atomic E-state index is 4.53. The Labute approximate surface area is 143 Å². The number of rotatable bonds is 7. The van der Waals surface area contributed by atoms with E-state index in [4.69, 9.17) is 0 Å². The topological polar surface area (TPSA) is 62.1 Å². The van der Waals surface area contributed by atoms with Gasteiger partial charge in [0.1, 0.15) is 0 Å². The molecule has 0 aliphatic carbocycles. The number of hydrogen-bond donors (Lipinski definition) is 1. The van der Waals surface area contributed by atoms with Gasteiger partial charge < -0.3 is 19.7 Å². The van der Waals surface area contributed by atoms with Crippen molar-refractivity contribution in [3.05, 3.63) is 36.7 Å². The molecule has 1 aliphatic heterocycles. The summed E-state index contributed by atoms with van der Waals surface area (Å²) in [4.78, 5) is 17.7. The monoisotopic (exact) mass is 329 g/mol. The van der Waals surface area contributed by atoms with E-state index < -0.39 is 0 Å². The fourth-order valence-electron chi connectivity index (χ4n) is 2.89. The lowest BCUT2D eigenvalue weighted by molar-refractivity contribution is 0.311. The summed E-state index contributed by atoms with van der Waals surface area (Å²) < 4.78 is 2.11. The van der Waals surface area contributed by atoms with E-state index >= 15 is 0 Å². The Kier molecular flexibility index (Phi) is 5.77. The highest BCUT2D eigenvalue weighted by Gasteiger charge is 2.16. The predicted octanol–water partition coefficient (Wildman–Crippen LogP) is 0.851. The summed E-state index contributed by atoms with van der Waals surface area (Å²) in [5, 5.41) is 3.48. The predicted molar refractivity (Wildman–Crippen MR) is 94.8 cm³/mol. The van der Waals surface area contributed by atoms with Gasteiger partial charge in [0, 0.05) is 69.6 Å². The van der Waals surface area contributed by atoms with Crippen molar-refractivity contribution in [3.63, 3.8) is 0 Å². The quantitative estimate of drug-likeness (QED) is 0.813. The van der Waals surface area contributed by atoms with Crippen LogP contribution in [0.5, 0.6) is 0 Å². The summed E-state index contributed by atoms with van der Waals surface area (Å²) in [5.41, 5.74) is 1.13. The lowest BCUT2D eigenvalue weighted by atomic mass is 10.2. The van der Waals surface area contributed by atoms with Crippen LogP contribution in [0, 0.1) is 5.92 Å². The number of nitrogens with zero attached hydrogens (tertiary/aromatic N) is 6. The molecule has 3 heterocycles. The minimum atomic E-state index is 0.546. The maximum absolute atomic E-state index is 4.53. The van der Waals surface area contributed by atoms with Gasteiger partial charge in [-0.15, -0.1) is 0 Å². The molecule has 0 radical (unpaired) electrons. The fraction of sp³-hybridized carbons (Fsp3) is 0.588. The number of aromatic nitrogens is 4. The van der Waals surface area contributed by atoms with E-state index in [-0.39, 0.29) is 0 Å². The molecule has 0 unspecified atom stereocenters. The third kappa shape index (κ3) is 4.75. The van der Waals surface area contributed by atoms with Gasteiger partial charge in [-0.05, 0) is 19.5 Å². The van der Waals surface area contributed by atoms with E-state index in [9.17, 15) is 0 Å². The minimum Gasteiger partial charge on any atom is -0.338 e. The molecule has 0 aromatic carbocycles. The molecule has 24 heavy (non-hydrogen) atoms. The Hall–Kier alpha value is -1.99. The van der Waals surface area contributed by atoms with Gasteiger partial charge in [-0.2, -0.15) is 0 Å². The van der Waals surface area contributed by atoms with Gasteiger partial charge >= 0.3 is 0 Å². The van der Waals surface area contributed by atoms with E-state index in [1.807, 2.05) is 31.1 Å². The molecule has 2 aromatic rings. The van der Waals surface area contributed by atoms with Crippen LogP contribution in [0.1, 0.15) is 12.5 Å². The van der Waals surface area contributed by atoms with E-state index in [1.54, 1.807) is 0 Å². The molecule has 130 valence electrons. The summed E-state index contributed by atoms with van der Waals surface area (Å²) in [5.74, 6) is 1.39. The van der Waals surface area contributed by atoms with Gasteiger partial charge in [0.2, 0.25) is 5.95 Å². The zero-order valence-corrected chi connectivity index (χ0v) is 14.6. The van der Waals surface area contributed by atoms with Crippen LogP contribution < -0.4 is 10.2 Å². The number of nitrogens with one attached hydrogen (secondary N) is 1. The third-order valence-corrected chi connectivity index (χ3v) is 4.38. The summed E-state index contributed by atoms with van der Waals surface area (Å²) >= 11 is 0. The summed E-state index contributed by atoms with van der Waals surface area (Å²) in [7, 11) is 2.15. The van der Waals surface area contributed by atoms with Crippen LogP contribution in [-0.2, 0) is 13.1 Å². The lowest BCUT2D eigenvalue weighted by Crippen LogP contribution is -2.45. The molecule has 1 aliphatic rings. The highest BCUT2D eigenvalue weighted by atomic mass is 15.3. The van der Waals surface area contributed by atoms with Gasteiger partial charge in [-0.3, -0.25) is 0 Å². The second-order valence-corrected chi connectivity index (χ2v) is 6.68. The fourth-order valence-corrected chi connectivity index (χ4v) is 2.89. The highest BCUT2D eigenvalue weighted by molar-refractivity contribution is 5.30. The molecule has 1 N–H and O–H groups in total. The number of piperazine rings is 1. The SMILES string of the molecule is C[C@@H](CNCc1cnc(N2CCN(C)CC2)nc1)Cn1ccnc1. The van der Waals surface area contributed by atoms with Crippen LogP contribution in [0.25, 0.3) is 0 Å². The van der Waals surface area contributed by atoms with Crippen LogP contribution in [-0.4, -0.2) is 64.2 Å². The smallest absolute Gasteiger partial charge is 0.225 e. The zero-order valence-electron chi connectivity index (χ0n) is 14.6. The molecule has 1 saturated heterocycles. The molecule has 7 nitrogen and oxygen atoms in total. The van der Waals surface area contributed by atoms with Crippen molar-refractivity contribution in [1.29, 1.82) is 0 Å². The average molecular weight is 329 g/mol. The Morgan fingerprint density at radius 2 is 1.92 bits per heavy atom. The van der Waals surface area contributed by atoms with Gasteiger partial charge in [0.15, 0.2) is 0 Å². The Morgan fingerprint density at radius 1 is 1.17 bits per heavy atom. The highest BCUT2D eigenvalue weighted by Crippen LogP contribution is 2.10. The number of imidazole rings is 1. The van der Waals surface area contributed by atoms with E-state index in [1.165, 1.54) is 0 Å². The van der Waals surface area contributed by atoms with E-state index in [0.29, 0.717) is 5.92 Å². The summed E-state index contributed by atoms with van der Waals surface area (Å²) in [6.07, 6.45) is 9.56. The maximum Gasteiger partial charge on any atom is 0.225 e. The molecule has 0 saturated carbocycles. The first-order valence-electron chi connectivity index (χ1n) is 8.61. The van der Waals surface area contributed by atoms with Gasteiger partial charge in [0.05, 0.1) is 6.33 Å². The van der Waals surface area contributed by atoms with Crippen LogP contribution in [0.4, 0.5) is 5.95 Å². The summed E-state index contributed by atoms with van der Waals surface area (Å²) in [6, 6.07) is 0. The van der Waals surface area contributed by atoms with Crippen LogP contribution in [0.15, 0.2) is 31.1 Å². The first kappa shape index (κ1) is 16.9. The first-order chi connectivity index (χ1) is 11.7. The second kappa shape index (κ2) is 8.21. The van der Waals surface area contributed by atoms with Gasteiger partial charge in [-0.1, -0.05) is 6.92 Å². The number of hydrogen-bond acceptors (Lipinski definition) is 6. The van der Waals surface area contributed by atoms with Crippen molar-refractivity contribution in [2.45, 2.75) is 20.0 Å². The van der Waals surface area contributed by atoms with Crippen molar-refractivity contribution < 1.29 is 0 Å². The molecule has 3 rings (SSSR count).